The Balaban J connectivity index is 1.91. The SMILES string of the molecule is CC(C)C[C@H]1C[C@]2(CC[C@H]3C[C@H]2C3(C)C)Oc2c(C=O)c(O)c(C=O)c(O)c21. The van der Waals surface area contributed by atoms with Crippen LogP contribution in [0.15, 0.2) is 0 Å². The highest BCUT2D eigenvalue weighted by Crippen LogP contribution is 2.67. The summed E-state index contributed by atoms with van der Waals surface area (Å²) >= 11 is 0. The molecule has 2 N–H and O–H groups in total. The third-order valence-electron chi connectivity index (χ3n) is 7.83. The summed E-state index contributed by atoms with van der Waals surface area (Å²) in [5.74, 6) is 1.02. The summed E-state index contributed by atoms with van der Waals surface area (Å²) in [6.07, 6.45) is 5.69. The first-order valence-electron chi connectivity index (χ1n) is 10.4. The van der Waals surface area contributed by atoms with Crippen LogP contribution in [0.5, 0.6) is 17.2 Å². The van der Waals surface area contributed by atoms with Gasteiger partial charge in [-0.25, -0.2) is 0 Å². The molecule has 3 aliphatic carbocycles. The summed E-state index contributed by atoms with van der Waals surface area (Å²) in [6.45, 7) is 8.86. The molecule has 0 saturated heterocycles. The molecule has 0 aromatic heterocycles. The molecule has 152 valence electrons. The zero-order valence-electron chi connectivity index (χ0n) is 17.1. The largest absolute Gasteiger partial charge is 0.507 e. The third-order valence-corrected chi connectivity index (χ3v) is 7.83. The van der Waals surface area contributed by atoms with Crippen molar-refractivity contribution >= 4 is 12.6 Å². The van der Waals surface area contributed by atoms with Crippen molar-refractivity contribution in [3.8, 4) is 17.2 Å². The van der Waals surface area contributed by atoms with E-state index in [9.17, 15) is 19.8 Å². The summed E-state index contributed by atoms with van der Waals surface area (Å²) in [4.78, 5) is 23.4. The second kappa shape index (κ2) is 6.23. The summed E-state index contributed by atoms with van der Waals surface area (Å²) in [5, 5.41) is 21.3. The second-order valence-corrected chi connectivity index (χ2v) is 10.0. The number of ether oxygens (including phenoxy) is 1. The molecule has 5 rings (SSSR count). The van der Waals surface area contributed by atoms with E-state index in [1.54, 1.807) is 0 Å². The van der Waals surface area contributed by atoms with Crippen molar-refractivity contribution in [2.75, 3.05) is 0 Å². The molecule has 4 atom stereocenters. The molecule has 2 bridgehead atoms. The molecule has 1 aromatic carbocycles. The van der Waals surface area contributed by atoms with Crippen LogP contribution in [-0.4, -0.2) is 28.4 Å². The van der Waals surface area contributed by atoms with Crippen LogP contribution in [0.2, 0.25) is 0 Å². The molecule has 1 aliphatic heterocycles. The van der Waals surface area contributed by atoms with Crippen molar-refractivity contribution < 1.29 is 24.5 Å². The molecule has 5 heteroatoms. The van der Waals surface area contributed by atoms with E-state index in [2.05, 4.69) is 27.7 Å². The Labute approximate surface area is 166 Å². The number of rotatable bonds is 4. The fourth-order valence-electron chi connectivity index (χ4n) is 6.36. The standard InChI is InChI=1S/C23H30O5/c1-12(2)7-13-9-23(6-5-14-8-17(23)22(14,3)4)28-21-16(11-25)19(26)15(10-24)20(27)18(13)21/h10-14,17,26-27H,5-9H2,1-4H3/t13-,14-,17-,23-/m0/s1. The van der Waals surface area contributed by atoms with Crippen LogP contribution in [-0.2, 0) is 0 Å². The predicted molar refractivity (Wildman–Crippen MR) is 105 cm³/mol. The predicted octanol–water partition coefficient (Wildman–Crippen LogP) is 4.83. The number of aldehydes is 2. The van der Waals surface area contributed by atoms with Crippen molar-refractivity contribution in [1.82, 2.24) is 0 Å². The van der Waals surface area contributed by atoms with Crippen LogP contribution in [0.3, 0.4) is 0 Å². The molecule has 5 nitrogen and oxygen atoms in total. The average molecular weight is 386 g/mol. The van der Waals surface area contributed by atoms with E-state index in [1.165, 1.54) is 0 Å². The van der Waals surface area contributed by atoms with Gasteiger partial charge in [-0.3, -0.25) is 9.59 Å². The number of carbonyl (C=O) groups is 2. The maximum Gasteiger partial charge on any atom is 0.157 e. The van der Waals surface area contributed by atoms with Gasteiger partial charge in [-0.1, -0.05) is 27.7 Å². The van der Waals surface area contributed by atoms with Gasteiger partial charge >= 0.3 is 0 Å². The summed E-state index contributed by atoms with van der Waals surface area (Å²) in [7, 11) is 0. The van der Waals surface area contributed by atoms with E-state index >= 15 is 0 Å². The Hall–Kier alpha value is -2.04. The van der Waals surface area contributed by atoms with Gasteiger partial charge in [-0.05, 0) is 55.3 Å². The van der Waals surface area contributed by atoms with Gasteiger partial charge in [0.15, 0.2) is 12.6 Å². The molecular weight excluding hydrogens is 356 g/mol. The lowest BCUT2D eigenvalue weighted by atomic mass is 9.42. The minimum Gasteiger partial charge on any atom is -0.507 e. The molecule has 0 amide bonds. The molecule has 28 heavy (non-hydrogen) atoms. The molecule has 1 spiro atoms. The number of carbonyl (C=O) groups excluding carboxylic acids is 2. The van der Waals surface area contributed by atoms with Gasteiger partial charge in [0, 0.05) is 11.5 Å². The van der Waals surface area contributed by atoms with Crippen molar-refractivity contribution in [2.45, 2.75) is 71.3 Å². The molecule has 3 saturated carbocycles. The molecular formula is C23H30O5. The minimum absolute atomic E-state index is 0.0121. The lowest BCUT2D eigenvalue weighted by molar-refractivity contribution is -0.199. The van der Waals surface area contributed by atoms with Crippen LogP contribution in [0.4, 0.5) is 0 Å². The highest BCUT2D eigenvalue weighted by Gasteiger charge is 2.64. The van der Waals surface area contributed by atoms with Crippen molar-refractivity contribution in [1.29, 1.82) is 0 Å². The van der Waals surface area contributed by atoms with Crippen LogP contribution in [0, 0.1) is 23.2 Å². The average Bonchev–Trinajstić information content (AvgIpc) is 2.61. The van der Waals surface area contributed by atoms with Crippen molar-refractivity contribution in [2.24, 2.45) is 23.2 Å². The van der Waals surface area contributed by atoms with Gasteiger partial charge in [-0.2, -0.15) is 0 Å². The zero-order chi connectivity index (χ0) is 20.4. The van der Waals surface area contributed by atoms with E-state index in [0.717, 1.165) is 32.1 Å². The smallest absolute Gasteiger partial charge is 0.157 e. The molecule has 3 fully saturated rings. The number of hydrogen-bond donors (Lipinski definition) is 2. The first kappa shape index (κ1) is 19.3. The Morgan fingerprint density at radius 1 is 1.14 bits per heavy atom. The number of hydrogen-bond acceptors (Lipinski definition) is 5. The normalized spacial score (nSPS) is 32.4. The minimum atomic E-state index is -0.483. The second-order valence-electron chi connectivity index (χ2n) is 10.0. The van der Waals surface area contributed by atoms with E-state index in [1.807, 2.05) is 0 Å². The topological polar surface area (TPSA) is 83.8 Å². The fraction of sp³-hybridized carbons (Fsp3) is 0.652. The third kappa shape index (κ3) is 2.44. The Bertz CT molecular complexity index is 838. The zero-order valence-corrected chi connectivity index (χ0v) is 17.1. The molecule has 0 unspecified atom stereocenters. The quantitative estimate of drug-likeness (QED) is 0.724. The first-order chi connectivity index (χ1) is 13.2. The van der Waals surface area contributed by atoms with E-state index in [-0.39, 0.29) is 39.6 Å². The Kier molecular flexibility index (Phi) is 4.29. The van der Waals surface area contributed by atoms with Crippen LogP contribution < -0.4 is 4.74 Å². The maximum absolute atomic E-state index is 11.9. The number of phenols is 2. The fourth-order valence-corrected chi connectivity index (χ4v) is 6.36. The lowest BCUT2D eigenvalue weighted by Gasteiger charge is -2.66. The number of aromatic hydroxyl groups is 2. The maximum atomic E-state index is 11.9. The number of fused-ring (bicyclic) bond motifs is 2. The van der Waals surface area contributed by atoms with Gasteiger partial charge in [0.25, 0.3) is 0 Å². The van der Waals surface area contributed by atoms with Gasteiger partial charge < -0.3 is 14.9 Å². The number of phenolic OH excluding ortho intramolecular Hbond substituents is 2. The highest BCUT2D eigenvalue weighted by molar-refractivity contribution is 5.95. The van der Waals surface area contributed by atoms with Gasteiger partial charge in [0.1, 0.15) is 22.8 Å². The molecule has 1 aromatic rings. The van der Waals surface area contributed by atoms with Crippen LogP contribution >= 0.6 is 0 Å². The van der Waals surface area contributed by atoms with Gasteiger partial charge in [0.05, 0.1) is 11.1 Å². The van der Waals surface area contributed by atoms with Crippen molar-refractivity contribution in [3.63, 3.8) is 0 Å². The summed E-state index contributed by atoms with van der Waals surface area (Å²) in [6, 6.07) is 0. The Morgan fingerprint density at radius 2 is 1.82 bits per heavy atom. The monoisotopic (exact) mass is 386 g/mol. The summed E-state index contributed by atoms with van der Waals surface area (Å²) in [5.41, 5.74) is 0.0839. The summed E-state index contributed by atoms with van der Waals surface area (Å²) < 4.78 is 6.57. The van der Waals surface area contributed by atoms with Gasteiger partial charge in [-0.15, -0.1) is 0 Å². The van der Waals surface area contributed by atoms with Gasteiger partial charge in [0.2, 0.25) is 0 Å². The molecule has 0 radical (unpaired) electrons. The lowest BCUT2D eigenvalue weighted by Crippen LogP contribution is -2.65. The first-order valence-corrected chi connectivity index (χ1v) is 10.4. The molecule has 4 aliphatic rings. The van der Waals surface area contributed by atoms with E-state index < -0.39 is 5.75 Å². The van der Waals surface area contributed by atoms with E-state index in [4.69, 9.17) is 4.74 Å². The van der Waals surface area contributed by atoms with E-state index in [0.29, 0.717) is 35.9 Å². The molecule has 1 heterocycles. The Morgan fingerprint density at radius 3 is 2.36 bits per heavy atom. The van der Waals surface area contributed by atoms with Crippen molar-refractivity contribution in [3.05, 3.63) is 16.7 Å². The highest BCUT2D eigenvalue weighted by atomic mass is 16.5. The number of benzene rings is 1. The van der Waals surface area contributed by atoms with Crippen LogP contribution in [0.1, 0.15) is 92.0 Å². The van der Waals surface area contributed by atoms with Crippen LogP contribution in [0.25, 0.3) is 0 Å².